The van der Waals surface area contributed by atoms with E-state index in [1.54, 1.807) is 0 Å². The molecule has 2 aromatic heterocycles. The van der Waals surface area contributed by atoms with Gasteiger partial charge in [0.05, 0.1) is 35.3 Å². The second-order valence-corrected chi connectivity index (χ2v) is 8.12. The average molecular weight is 508 g/mol. The highest BCUT2D eigenvalue weighted by Gasteiger charge is 2.37. The number of carbonyl (C=O) groups excluding carboxylic acids is 1. The molecule has 3 heterocycles. The fraction of sp³-hybridized carbons (Fsp3) is 0.304. The number of benzene rings is 1. The Morgan fingerprint density at radius 1 is 1.19 bits per heavy atom. The Hall–Kier alpha value is -3.87. The van der Waals surface area contributed by atoms with Crippen LogP contribution in [0.1, 0.15) is 28.9 Å². The van der Waals surface area contributed by atoms with Crippen LogP contribution in [-0.2, 0) is 6.18 Å². The van der Waals surface area contributed by atoms with Gasteiger partial charge < -0.3 is 21.1 Å². The number of piperidine rings is 1. The molecule has 0 atom stereocenters. The SMILES string of the molecule is Nc1cc(C(F)(F)F)c(-c2c(F)cccc2F)nc1C(=O)Nc1cncnc1OCC1CCNCC1. The second kappa shape index (κ2) is 10.4. The Bertz CT molecular complexity index is 1240. The van der Waals surface area contributed by atoms with E-state index < -0.39 is 51.9 Å². The molecule has 13 heteroatoms. The number of hydrogen-bond acceptors (Lipinski definition) is 7. The summed E-state index contributed by atoms with van der Waals surface area (Å²) in [5, 5.41) is 5.64. The Morgan fingerprint density at radius 3 is 2.56 bits per heavy atom. The van der Waals surface area contributed by atoms with Gasteiger partial charge in [-0.2, -0.15) is 18.2 Å². The third-order valence-electron chi connectivity index (χ3n) is 5.61. The minimum Gasteiger partial charge on any atom is -0.476 e. The molecule has 1 saturated heterocycles. The van der Waals surface area contributed by atoms with Crippen molar-refractivity contribution in [2.75, 3.05) is 30.7 Å². The molecule has 1 fully saturated rings. The van der Waals surface area contributed by atoms with E-state index in [4.69, 9.17) is 10.5 Å². The van der Waals surface area contributed by atoms with Crippen molar-refractivity contribution in [3.05, 3.63) is 59.7 Å². The van der Waals surface area contributed by atoms with Gasteiger partial charge in [-0.25, -0.2) is 18.7 Å². The van der Waals surface area contributed by atoms with Gasteiger partial charge in [-0.05, 0) is 50.0 Å². The molecule has 0 saturated carbocycles. The lowest BCUT2D eigenvalue weighted by Gasteiger charge is -2.22. The summed E-state index contributed by atoms with van der Waals surface area (Å²) in [6, 6.07) is 2.97. The number of hydrogen-bond donors (Lipinski definition) is 3. The van der Waals surface area contributed by atoms with Crippen LogP contribution in [0, 0.1) is 17.6 Å². The first-order valence-electron chi connectivity index (χ1n) is 10.9. The summed E-state index contributed by atoms with van der Waals surface area (Å²) >= 11 is 0. The van der Waals surface area contributed by atoms with Gasteiger partial charge in [0, 0.05) is 0 Å². The summed E-state index contributed by atoms with van der Waals surface area (Å²) in [6.45, 7) is 2.04. The van der Waals surface area contributed by atoms with E-state index in [-0.39, 0.29) is 17.5 Å². The lowest BCUT2D eigenvalue weighted by molar-refractivity contribution is -0.137. The Balaban J connectivity index is 1.66. The molecule has 0 unspecified atom stereocenters. The number of halogens is 5. The zero-order valence-electron chi connectivity index (χ0n) is 18.7. The van der Waals surface area contributed by atoms with Gasteiger partial charge in [0.2, 0.25) is 5.88 Å². The first kappa shape index (κ1) is 25.2. The molecule has 1 aromatic carbocycles. The van der Waals surface area contributed by atoms with Crippen molar-refractivity contribution in [1.29, 1.82) is 0 Å². The van der Waals surface area contributed by atoms with Crippen molar-refractivity contribution in [1.82, 2.24) is 20.3 Å². The molecule has 0 aliphatic carbocycles. The molecule has 3 aromatic rings. The summed E-state index contributed by atoms with van der Waals surface area (Å²) in [5.41, 5.74) is 0.786. The zero-order chi connectivity index (χ0) is 25.9. The van der Waals surface area contributed by atoms with Crippen LogP contribution in [0.15, 0.2) is 36.8 Å². The third kappa shape index (κ3) is 5.51. The van der Waals surface area contributed by atoms with Crippen molar-refractivity contribution in [3.8, 4) is 17.1 Å². The minimum absolute atomic E-state index is 0.0242. The normalized spacial score (nSPS) is 14.5. The molecule has 190 valence electrons. The number of nitrogens with zero attached hydrogens (tertiary/aromatic N) is 3. The highest BCUT2D eigenvalue weighted by Crippen LogP contribution is 2.39. The van der Waals surface area contributed by atoms with Crippen LogP contribution < -0.4 is 21.1 Å². The lowest BCUT2D eigenvalue weighted by atomic mass is 9.99. The largest absolute Gasteiger partial charge is 0.476 e. The van der Waals surface area contributed by atoms with Gasteiger partial charge in [0.25, 0.3) is 5.91 Å². The molecule has 1 aliphatic heterocycles. The Kier molecular flexibility index (Phi) is 7.29. The van der Waals surface area contributed by atoms with Crippen molar-refractivity contribution in [3.63, 3.8) is 0 Å². The minimum atomic E-state index is -5.05. The summed E-state index contributed by atoms with van der Waals surface area (Å²) in [7, 11) is 0. The molecule has 0 radical (unpaired) electrons. The molecule has 36 heavy (non-hydrogen) atoms. The summed E-state index contributed by atoms with van der Waals surface area (Å²) in [4.78, 5) is 24.4. The molecule has 1 aliphatic rings. The van der Waals surface area contributed by atoms with Gasteiger partial charge in [0.15, 0.2) is 5.69 Å². The number of ether oxygens (including phenoxy) is 1. The van der Waals surface area contributed by atoms with Crippen LogP contribution in [0.4, 0.5) is 33.3 Å². The van der Waals surface area contributed by atoms with Crippen LogP contribution in [0.2, 0.25) is 0 Å². The number of anilines is 2. The van der Waals surface area contributed by atoms with E-state index in [1.165, 1.54) is 12.5 Å². The number of pyridine rings is 1. The van der Waals surface area contributed by atoms with Crippen molar-refractivity contribution in [2.45, 2.75) is 19.0 Å². The topological polar surface area (TPSA) is 115 Å². The van der Waals surface area contributed by atoms with E-state index >= 15 is 0 Å². The van der Waals surface area contributed by atoms with Gasteiger partial charge in [0.1, 0.15) is 23.6 Å². The number of alkyl halides is 3. The monoisotopic (exact) mass is 508 g/mol. The third-order valence-corrected chi connectivity index (χ3v) is 5.61. The number of nitrogen functional groups attached to an aromatic ring is 1. The van der Waals surface area contributed by atoms with Crippen LogP contribution in [0.3, 0.4) is 0 Å². The fourth-order valence-electron chi connectivity index (χ4n) is 3.79. The summed E-state index contributed by atoms with van der Waals surface area (Å²) < 4.78 is 75.5. The maximum Gasteiger partial charge on any atom is 0.418 e. The first-order chi connectivity index (χ1) is 17.1. The second-order valence-electron chi connectivity index (χ2n) is 8.12. The fourth-order valence-corrected chi connectivity index (χ4v) is 3.79. The predicted octanol–water partition coefficient (Wildman–Crippen LogP) is 4.05. The number of aromatic nitrogens is 3. The molecule has 0 bridgehead atoms. The molecular weight excluding hydrogens is 487 g/mol. The van der Waals surface area contributed by atoms with Crippen LogP contribution >= 0.6 is 0 Å². The predicted molar refractivity (Wildman–Crippen MR) is 120 cm³/mol. The molecule has 4 rings (SSSR count). The number of rotatable bonds is 6. The summed E-state index contributed by atoms with van der Waals surface area (Å²) in [5.74, 6) is -3.29. The maximum absolute atomic E-state index is 14.4. The standard InChI is InChI=1S/C23H21F5N6O2/c24-14-2-1-3-15(25)18(14)19-13(23(26,27)28)8-16(29)20(34-19)21(35)33-17-9-31-11-32-22(17)36-10-12-4-6-30-7-5-12/h1-3,8-9,11-12,30H,4-7,10,29H2,(H,33,35). The number of nitrogens with two attached hydrogens (primary N) is 1. The molecular formula is C23H21F5N6O2. The van der Waals surface area contributed by atoms with E-state index in [9.17, 15) is 26.7 Å². The number of nitrogens with one attached hydrogen (secondary N) is 2. The average Bonchev–Trinajstić information content (AvgIpc) is 2.84. The van der Waals surface area contributed by atoms with Gasteiger partial charge in [-0.1, -0.05) is 6.07 Å². The van der Waals surface area contributed by atoms with E-state index in [0.717, 1.165) is 44.1 Å². The van der Waals surface area contributed by atoms with Crippen LogP contribution in [0.25, 0.3) is 11.3 Å². The van der Waals surface area contributed by atoms with Gasteiger partial charge in [-0.3, -0.25) is 4.79 Å². The van der Waals surface area contributed by atoms with Crippen molar-refractivity contribution >= 4 is 17.3 Å². The van der Waals surface area contributed by atoms with Gasteiger partial charge in [-0.15, -0.1) is 0 Å². The van der Waals surface area contributed by atoms with Crippen molar-refractivity contribution < 1.29 is 31.5 Å². The molecule has 8 nitrogen and oxygen atoms in total. The summed E-state index contributed by atoms with van der Waals surface area (Å²) in [6.07, 6.45) is -0.816. The highest BCUT2D eigenvalue weighted by atomic mass is 19.4. The zero-order valence-corrected chi connectivity index (χ0v) is 18.7. The van der Waals surface area contributed by atoms with Crippen molar-refractivity contribution in [2.24, 2.45) is 5.92 Å². The first-order valence-corrected chi connectivity index (χ1v) is 10.9. The molecule has 0 spiro atoms. The number of carbonyl (C=O) groups is 1. The van der Waals surface area contributed by atoms with Crippen LogP contribution in [-0.4, -0.2) is 40.6 Å². The molecule has 4 N–H and O–H groups in total. The number of amides is 1. The van der Waals surface area contributed by atoms with E-state index in [2.05, 4.69) is 25.6 Å². The Labute approximate surface area is 202 Å². The van der Waals surface area contributed by atoms with Gasteiger partial charge >= 0.3 is 6.18 Å². The van der Waals surface area contributed by atoms with E-state index in [1.807, 2.05) is 0 Å². The van der Waals surface area contributed by atoms with Crippen LogP contribution in [0.5, 0.6) is 5.88 Å². The molecule has 1 amide bonds. The Morgan fingerprint density at radius 2 is 1.89 bits per heavy atom. The smallest absolute Gasteiger partial charge is 0.418 e. The maximum atomic E-state index is 14.4. The quantitative estimate of drug-likeness (QED) is 0.431. The lowest BCUT2D eigenvalue weighted by Crippen LogP contribution is -2.30. The highest BCUT2D eigenvalue weighted by molar-refractivity contribution is 6.07. The van der Waals surface area contributed by atoms with E-state index in [0.29, 0.717) is 12.7 Å².